The van der Waals surface area contributed by atoms with Crippen LogP contribution in [0, 0.1) is 0 Å². The molecule has 2 aromatic rings. The fraction of sp³-hybridized carbons (Fsp3) is 0.375. The second-order valence-electron chi connectivity index (χ2n) is 5.52. The molecule has 0 spiro atoms. The third kappa shape index (κ3) is 4.08. The van der Waals surface area contributed by atoms with Gasteiger partial charge in [-0.2, -0.15) is 0 Å². The molecule has 1 aromatic heterocycles. The number of anilines is 1. The summed E-state index contributed by atoms with van der Waals surface area (Å²) >= 11 is 0. The highest BCUT2D eigenvalue weighted by Crippen LogP contribution is 2.14. The summed E-state index contributed by atoms with van der Waals surface area (Å²) in [5.74, 6) is 0.430. The summed E-state index contributed by atoms with van der Waals surface area (Å²) in [6.07, 6.45) is 3.34. The second-order valence-corrected chi connectivity index (χ2v) is 5.52. The molecule has 6 nitrogen and oxygen atoms in total. The van der Waals surface area contributed by atoms with Crippen molar-refractivity contribution in [2.45, 2.75) is 25.4 Å². The van der Waals surface area contributed by atoms with Gasteiger partial charge in [-0.05, 0) is 18.4 Å². The minimum atomic E-state index is -0.226. The molecule has 0 aliphatic carbocycles. The van der Waals surface area contributed by atoms with Gasteiger partial charge in [-0.15, -0.1) is 0 Å². The Balaban J connectivity index is 1.41. The lowest BCUT2D eigenvalue weighted by atomic mass is 10.0. The molecular weight excluding hydrogens is 280 g/mol. The highest BCUT2D eigenvalue weighted by Gasteiger charge is 2.20. The summed E-state index contributed by atoms with van der Waals surface area (Å²) in [6.45, 7) is 2.95. The maximum atomic E-state index is 11.8. The molecule has 1 saturated heterocycles. The minimum Gasteiger partial charge on any atom is -0.363 e. The summed E-state index contributed by atoms with van der Waals surface area (Å²) < 4.78 is 4.68. The molecule has 2 amide bonds. The predicted octanol–water partition coefficient (Wildman–Crippen LogP) is 2.46. The molecule has 6 heteroatoms. The van der Waals surface area contributed by atoms with Crippen molar-refractivity contribution in [3.05, 3.63) is 48.2 Å². The lowest BCUT2D eigenvalue weighted by Gasteiger charge is -2.32. The maximum Gasteiger partial charge on any atom is 0.320 e. The molecule has 2 heterocycles. The number of amides is 2. The van der Waals surface area contributed by atoms with Crippen LogP contribution in [-0.2, 0) is 6.54 Å². The number of aromatic nitrogens is 1. The third-order valence-corrected chi connectivity index (χ3v) is 3.85. The predicted molar refractivity (Wildman–Crippen MR) is 83.4 cm³/mol. The van der Waals surface area contributed by atoms with E-state index in [1.807, 2.05) is 6.07 Å². The van der Waals surface area contributed by atoms with Crippen molar-refractivity contribution < 1.29 is 9.32 Å². The fourth-order valence-electron chi connectivity index (χ4n) is 2.69. The van der Waals surface area contributed by atoms with Gasteiger partial charge in [0, 0.05) is 31.7 Å². The Morgan fingerprint density at radius 3 is 2.68 bits per heavy atom. The zero-order valence-electron chi connectivity index (χ0n) is 12.4. The van der Waals surface area contributed by atoms with Gasteiger partial charge in [0.15, 0.2) is 5.82 Å². The van der Waals surface area contributed by atoms with Crippen LogP contribution in [-0.4, -0.2) is 35.2 Å². The number of likely N-dealkylation sites (tertiary alicyclic amines) is 1. The van der Waals surface area contributed by atoms with E-state index in [-0.39, 0.29) is 12.1 Å². The summed E-state index contributed by atoms with van der Waals surface area (Å²) in [5.41, 5.74) is 1.33. The van der Waals surface area contributed by atoms with Gasteiger partial charge >= 0.3 is 6.03 Å². The van der Waals surface area contributed by atoms with Gasteiger partial charge in [-0.25, -0.2) is 4.79 Å². The van der Waals surface area contributed by atoms with Crippen LogP contribution in [0.4, 0.5) is 10.6 Å². The maximum absolute atomic E-state index is 11.8. The van der Waals surface area contributed by atoms with E-state index >= 15 is 0 Å². The third-order valence-electron chi connectivity index (χ3n) is 3.85. The Morgan fingerprint density at radius 1 is 1.23 bits per heavy atom. The number of urea groups is 1. The van der Waals surface area contributed by atoms with Gasteiger partial charge in [0.25, 0.3) is 0 Å². The number of nitrogens with zero attached hydrogens (tertiary/aromatic N) is 2. The smallest absolute Gasteiger partial charge is 0.320 e. The number of hydrogen-bond donors (Lipinski definition) is 2. The first-order valence-electron chi connectivity index (χ1n) is 7.54. The van der Waals surface area contributed by atoms with Crippen molar-refractivity contribution in [2.24, 2.45) is 0 Å². The van der Waals surface area contributed by atoms with E-state index in [2.05, 4.69) is 49.5 Å². The molecule has 0 atom stereocenters. The zero-order chi connectivity index (χ0) is 15.2. The second kappa shape index (κ2) is 7.09. The largest absolute Gasteiger partial charge is 0.363 e. The summed E-state index contributed by atoms with van der Waals surface area (Å²) in [6, 6.07) is 12.1. The Kier molecular flexibility index (Phi) is 4.70. The molecular formula is C16H20N4O2. The molecule has 0 bridgehead atoms. The quantitative estimate of drug-likeness (QED) is 0.910. The normalized spacial score (nSPS) is 16.4. The summed E-state index contributed by atoms with van der Waals surface area (Å²) in [7, 11) is 0. The topological polar surface area (TPSA) is 70.4 Å². The number of hydrogen-bond acceptors (Lipinski definition) is 4. The van der Waals surface area contributed by atoms with Gasteiger partial charge in [-0.1, -0.05) is 35.5 Å². The fourth-order valence-corrected chi connectivity index (χ4v) is 2.69. The number of nitrogens with one attached hydrogen (secondary N) is 2. The van der Waals surface area contributed by atoms with Gasteiger partial charge in [0.05, 0.1) is 0 Å². The highest BCUT2D eigenvalue weighted by atomic mass is 16.5. The van der Waals surface area contributed by atoms with Crippen molar-refractivity contribution in [1.82, 2.24) is 15.4 Å². The Hall–Kier alpha value is -2.34. The van der Waals surface area contributed by atoms with Crippen LogP contribution < -0.4 is 10.6 Å². The van der Waals surface area contributed by atoms with Crippen LogP contribution in [0.15, 0.2) is 47.2 Å². The van der Waals surface area contributed by atoms with Crippen molar-refractivity contribution in [3.8, 4) is 0 Å². The number of rotatable bonds is 4. The molecule has 0 radical (unpaired) electrons. The van der Waals surface area contributed by atoms with Gasteiger partial charge in [0.1, 0.15) is 6.26 Å². The van der Waals surface area contributed by atoms with Crippen LogP contribution in [0.1, 0.15) is 18.4 Å². The van der Waals surface area contributed by atoms with E-state index in [0.29, 0.717) is 5.82 Å². The van der Waals surface area contributed by atoms with E-state index in [1.165, 1.54) is 11.8 Å². The van der Waals surface area contributed by atoms with Crippen molar-refractivity contribution in [3.63, 3.8) is 0 Å². The molecule has 1 aliphatic heterocycles. The van der Waals surface area contributed by atoms with E-state index in [1.54, 1.807) is 6.07 Å². The molecule has 0 saturated carbocycles. The van der Waals surface area contributed by atoms with Gasteiger partial charge in [-0.3, -0.25) is 10.2 Å². The van der Waals surface area contributed by atoms with E-state index in [9.17, 15) is 4.79 Å². The lowest BCUT2D eigenvalue weighted by molar-refractivity contribution is 0.190. The van der Waals surface area contributed by atoms with Crippen LogP contribution in [0.25, 0.3) is 0 Å². The molecule has 1 aliphatic rings. The first kappa shape index (κ1) is 14.6. The van der Waals surface area contributed by atoms with Gasteiger partial charge in [0.2, 0.25) is 0 Å². The zero-order valence-corrected chi connectivity index (χ0v) is 12.4. The van der Waals surface area contributed by atoms with Crippen LogP contribution >= 0.6 is 0 Å². The average Bonchev–Trinajstić information content (AvgIpc) is 3.03. The van der Waals surface area contributed by atoms with Crippen molar-refractivity contribution in [2.75, 3.05) is 18.4 Å². The monoisotopic (exact) mass is 300 g/mol. The average molecular weight is 300 g/mol. The van der Waals surface area contributed by atoms with Crippen LogP contribution in [0.2, 0.25) is 0 Å². The minimum absolute atomic E-state index is 0.207. The summed E-state index contributed by atoms with van der Waals surface area (Å²) in [5, 5.41) is 9.29. The van der Waals surface area contributed by atoms with Gasteiger partial charge < -0.3 is 9.84 Å². The highest BCUT2D eigenvalue weighted by molar-refractivity contribution is 5.88. The van der Waals surface area contributed by atoms with Crippen molar-refractivity contribution >= 4 is 11.8 Å². The molecule has 0 unspecified atom stereocenters. The Bertz CT molecular complexity index is 577. The number of carbonyl (C=O) groups is 1. The lowest BCUT2D eigenvalue weighted by Crippen LogP contribution is -2.45. The first-order chi connectivity index (χ1) is 10.8. The standard InChI is InChI=1S/C16H20N4O2/c21-16(18-15-8-11-22-19-15)17-14-6-9-20(10-7-14)12-13-4-2-1-3-5-13/h1-5,8,11,14H,6-7,9-10,12H2,(H2,17,18,19,21). The van der Waals surface area contributed by atoms with E-state index < -0.39 is 0 Å². The molecule has 22 heavy (non-hydrogen) atoms. The van der Waals surface area contributed by atoms with Crippen LogP contribution in [0.5, 0.6) is 0 Å². The first-order valence-corrected chi connectivity index (χ1v) is 7.54. The Morgan fingerprint density at radius 2 is 2.00 bits per heavy atom. The molecule has 1 aromatic carbocycles. The molecule has 116 valence electrons. The van der Waals surface area contributed by atoms with Crippen LogP contribution in [0.3, 0.4) is 0 Å². The van der Waals surface area contributed by atoms with Crippen molar-refractivity contribution in [1.29, 1.82) is 0 Å². The molecule has 1 fully saturated rings. The number of carbonyl (C=O) groups excluding carboxylic acids is 1. The van der Waals surface area contributed by atoms with E-state index in [4.69, 9.17) is 0 Å². The number of piperidine rings is 1. The summed E-state index contributed by atoms with van der Waals surface area (Å²) in [4.78, 5) is 14.3. The molecule has 3 rings (SSSR count). The number of benzene rings is 1. The SMILES string of the molecule is O=C(Nc1ccon1)NC1CCN(Cc2ccccc2)CC1. The Labute approximate surface area is 129 Å². The molecule has 2 N–H and O–H groups in total. The van der Waals surface area contributed by atoms with E-state index in [0.717, 1.165) is 32.5 Å².